The Hall–Kier alpha value is -5.12. The van der Waals surface area contributed by atoms with E-state index in [1.54, 1.807) is 55.5 Å². The fourth-order valence-corrected chi connectivity index (χ4v) is 7.69. The van der Waals surface area contributed by atoms with Crippen molar-refractivity contribution < 1.29 is 71.5 Å². The molecule has 1 amide bonds. The molecule has 0 aromatic heterocycles. The molecule has 3 aliphatic rings. The van der Waals surface area contributed by atoms with Crippen molar-refractivity contribution in [3.05, 3.63) is 113 Å². The molecule has 7 N–H and O–H groups in total. The number of nitrogens with one attached hydrogen (secondary N) is 1. The molecule has 3 aromatic rings. The second-order valence-corrected chi connectivity index (χ2v) is 14.3. The molecule has 17 heteroatoms. The van der Waals surface area contributed by atoms with Crippen LogP contribution in [0.4, 0.5) is 5.69 Å². The summed E-state index contributed by atoms with van der Waals surface area (Å²) in [6.45, 7) is 0.324. The summed E-state index contributed by atoms with van der Waals surface area (Å²) in [7, 11) is -4.17. The van der Waals surface area contributed by atoms with Crippen LogP contribution in [0.2, 0.25) is 0 Å². The zero-order valence-electron chi connectivity index (χ0n) is 29.8. The van der Waals surface area contributed by atoms with Crippen molar-refractivity contribution in [1.29, 1.82) is 0 Å². The Morgan fingerprint density at radius 1 is 0.964 bits per heavy atom. The van der Waals surface area contributed by atoms with Gasteiger partial charge in [-0.05, 0) is 78.1 Å². The second-order valence-electron chi connectivity index (χ2n) is 12.4. The van der Waals surface area contributed by atoms with Crippen LogP contribution in [0.1, 0.15) is 49.3 Å². The van der Waals surface area contributed by atoms with Gasteiger partial charge in [-0.1, -0.05) is 41.5 Å². The van der Waals surface area contributed by atoms with Gasteiger partial charge in [0.15, 0.2) is 11.5 Å². The Balaban J connectivity index is 0.000000298. The molecule has 15 nitrogen and oxygen atoms in total. The molecule has 1 fully saturated rings. The number of aliphatic hydroxyl groups is 4. The fourth-order valence-electron chi connectivity index (χ4n) is 6.05. The van der Waals surface area contributed by atoms with Gasteiger partial charge < -0.3 is 35.2 Å². The van der Waals surface area contributed by atoms with Gasteiger partial charge in [0.2, 0.25) is 5.71 Å². The standard InChI is InChI=1S/C24H25N5O6S.C14H16O4.Cr/c1-16-22(24(33)29(27-16)17-7-3-2-4-8-17)25-26-23-19-10-6-5-9-18(19)21(15-20(23)32)36(34,35)28(11-13-30)12-14-31;15-10-5-7-12(16)9(8-10)4-6-14(18)11-2-1-3-13(11)17;/h2-10,15,30-32H,11-14H2,1H3,(H,34,35);5,7-8,15-16,18H,1-4,6H2;. The zero-order valence-corrected chi connectivity index (χ0v) is 31.9. The number of carbonyl (C=O) groups is 2. The quantitative estimate of drug-likeness (QED) is 0.0512. The number of fused-ring (bicyclic) bond motifs is 1. The Kier molecular flexibility index (Phi) is 14.7. The zero-order chi connectivity index (χ0) is 39.0. The molecule has 0 spiro atoms. The Morgan fingerprint density at radius 3 is 2.25 bits per heavy atom. The largest absolute Gasteiger partial charge is 0.765 e. The molecule has 1 atom stereocenters. The number of carbonyl (C=O) groups excluding carboxylic acids is 2. The monoisotopic (exact) mass is 811 g/mol. The van der Waals surface area contributed by atoms with Gasteiger partial charge in [-0.25, -0.2) is 4.31 Å². The van der Waals surface area contributed by atoms with Gasteiger partial charge in [0, 0.05) is 70.5 Å². The summed E-state index contributed by atoms with van der Waals surface area (Å²) in [5.41, 5.74) is 2.79. The Morgan fingerprint density at radius 2 is 1.62 bits per heavy atom. The minimum absolute atomic E-state index is 0. The molecular weight excluding hydrogens is 771 g/mol. The first-order valence-corrected chi connectivity index (χ1v) is 18.5. The molecule has 6 rings (SSSR count). The SMILES string of the molecule is CC1=NN(c2ccccc2)C(=O)C1=N[NH+]=C1C(O)=CC(=S(=O)([O-])N(CCO)CCO)c2ccccc21.O=C1CCCC1=C(O)CCc1cc(O)ccc1O.[Cr]. The number of Topliss-reactive ketones (excluding diaryl/α,β-unsaturated/α-hetero) is 1. The van der Waals surface area contributed by atoms with Crippen molar-refractivity contribution >= 4 is 49.4 Å². The van der Waals surface area contributed by atoms with E-state index in [1.165, 1.54) is 23.2 Å². The number of allylic oxidation sites excluding steroid dienone is 4. The number of aliphatic hydroxyl groups excluding tert-OH is 4. The Bertz CT molecular complexity index is 2210. The number of aromatic hydroxyl groups is 2. The number of phenols is 2. The van der Waals surface area contributed by atoms with E-state index in [-0.39, 0.29) is 75.3 Å². The molecule has 0 bridgehead atoms. The molecule has 0 radical (unpaired) electrons. The number of hydrogen-bond donors (Lipinski definition) is 7. The molecule has 290 valence electrons. The van der Waals surface area contributed by atoms with Crippen LogP contribution in [0, 0.1) is 0 Å². The van der Waals surface area contributed by atoms with Gasteiger partial charge in [-0.3, -0.25) is 13.8 Å². The third-order valence-corrected chi connectivity index (χ3v) is 10.7. The first kappa shape index (κ1) is 42.6. The van der Waals surface area contributed by atoms with Crippen LogP contribution in [-0.4, -0.2) is 104 Å². The van der Waals surface area contributed by atoms with Crippen molar-refractivity contribution in [2.24, 2.45) is 10.2 Å². The van der Waals surface area contributed by atoms with E-state index >= 15 is 0 Å². The molecular formula is C38H41CrN5O10S. The van der Waals surface area contributed by atoms with Crippen molar-refractivity contribution in [1.82, 2.24) is 4.31 Å². The van der Waals surface area contributed by atoms with Gasteiger partial charge in [0.25, 0.3) is 5.71 Å². The van der Waals surface area contributed by atoms with E-state index in [0.29, 0.717) is 53.8 Å². The van der Waals surface area contributed by atoms with E-state index in [9.17, 15) is 49.0 Å². The summed E-state index contributed by atoms with van der Waals surface area (Å²) in [6.07, 6.45) is 3.72. The second kappa shape index (κ2) is 19.0. The fraction of sp³-hybridized carbons (Fsp3) is 0.263. The molecule has 0 saturated heterocycles. The van der Waals surface area contributed by atoms with Gasteiger partial charge >= 0.3 is 5.91 Å². The van der Waals surface area contributed by atoms with Gasteiger partial charge in [0.1, 0.15) is 11.5 Å². The van der Waals surface area contributed by atoms with E-state index in [2.05, 4.69) is 15.3 Å². The molecule has 55 heavy (non-hydrogen) atoms. The number of nitrogens with zero attached hydrogens (tertiary/aromatic N) is 4. The maximum atomic E-state index is 13.3. The summed E-state index contributed by atoms with van der Waals surface area (Å²) in [6, 6.07) is 19.6. The average Bonchev–Trinajstić information content (AvgIpc) is 3.72. The van der Waals surface area contributed by atoms with Crippen LogP contribution in [0.15, 0.2) is 106 Å². The van der Waals surface area contributed by atoms with Crippen LogP contribution >= 0.6 is 0 Å². The molecule has 1 saturated carbocycles. The topological polar surface area (TPSA) is 241 Å². The van der Waals surface area contributed by atoms with E-state index in [4.69, 9.17) is 0 Å². The first-order chi connectivity index (χ1) is 25.9. The maximum Gasteiger partial charge on any atom is 0.305 e. The number of anilines is 1. The summed E-state index contributed by atoms with van der Waals surface area (Å²) in [4.78, 5) is 24.2. The molecule has 3 aromatic carbocycles. The van der Waals surface area contributed by atoms with Crippen molar-refractivity contribution in [3.63, 3.8) is 0 Å². The van der Waals surface area contributed by atoms with Crippen LogP contribution in [0.3, 0.4) is 0 Å². The number of para-hydroxylation sites is 1. The minimum atomic E-state index is -4.17. The predicted octanol–water partition coefficient (Wildman–Crippen LogP) is 1.52. The smallest absolute Gasteiger partial charge is 0.305 e. The van der Waals surface area contributed by atoms with Crippen molar-refractivity contribution in [2.45, 2.75) is 39.0 Å². The molecule has 1 heterocycles. The number of phenolic OH excluding ortho intramolecular Hbond substituents is 2. The van der Waals surface area contributed by atoms with Crippen molar-refractivity contribution in [3.8, 4) is 11.5 Å². The Labute approximate surface area is 328 Å². The third-order valence-electron chi connectivity index (χ3n) is 8.78. The van der Waals surface area contributed by atoms with Crippen molar-refractivity contribution in [2.75, 3.05) is 31.3 Å². The van der Waals surface area contributed by atoms with Gasteiger partial charge in [-0.2, -0.15) is 10.1 Å². The van der Waals surface area contributed by atoms with Crippen LogP contribution in [0.5, 0.6) is 11.5 Å². The summed E-state index contributed by atoms with van der Waals surface area (Å²) in [5.74, 6) is -0.578. The normalized spacial score (nSPS) is 18.7. The van der Waals surface area contributed by atoms with Crippen LogP contribution in [-0.2, 0) is 43.4 Å². The maximum absolute atomic E-state index is 13.3. The number of rotatable bonds is 10. The van der Waals surface area contributed by atoms with E-state index in [0.717, 1.165) is 16.8 Å². The number of hydrazone groups is 2. The molecule has 1 unspecified atom stereocenters. The third kappa shape index (κ3) is 9.77. The van der Waals surface area contributed by atoms with E-state index in [1.807, 2.05) is 6.07 Å². The molecule has 1 aliphatic heterocycles. The number of hydrogen-bond acceptors (Lipinski definition) is 12. The number of benzene rings is 3. The van der Waals surface area contributed by atoms with Gasteiger partial charge in [0.05, 0.1) is 35.9 Å². The minimum Gasteiger partial charge on any atom is -0.765 e. The molecule has 2 aliphatic carbocycles. The summed E-state index contributed by atoms with van der Waals surface area (Å²) in [5, 5.41) is 70.5. The summed E-state index contributed by atoms with van der Waals surface area (Å²) < 4.78 is 27.5. The van der Waals surface area contributed by atoms with Crippen LogP contribution < -0.4 is 10.1 Å². The number of ketones is 1. The van der Waals surface area contributed by atoms with Crippen LogP contribution in [0.25, 0.3) is 0 Å². The summed E-state index contributed by atoms with van der Waals surface area (Å²) >= 11 is 0. The van der Waals surface area contributed by atoms with Gasteiger partial charge in [-0.15, -0.1) is 0 Å². The number of aryl methyl sites for hydroxylation is 1. The van der Waals surface area contributed by atoms with E-state index < -0.39 is 34.9 Å². The first-order valence-electron chi connectivity index (χ1n) is 17.1. The average molecular weight is 812 g/mol. The predicted molar refractivity (Wildman–Crippen MR) is 202 cm³/mol. The number of amides is 1.